The number of amides is 2. The predicted octanol–water partition coefficient (Wildman–Crippen LogP) is 4.74. The van der Waals surface area contributed by atoms with E-state index < -0.39 is 36.3 Å². The predicted molar refractivity (Wildman–Crippen MR) is 155 cm³/mol. The SMILES string of the molecule is O=C(COCC(=O)Nc1nc(-c2cc3ccccc3oc2=O)cs1)Nc1nc(-c2cc3ccccc3oc2=O)cs1. The highest BCUT2D eigenvalue weighted by molar-refractivity contribution is 7.14. The van der Waals surface area contributed by atoms with Crippen molar-refractivity contribution in [3.05, 3.63) is 92.3 Å². The molecule has 0 aliphatic heterocycles. The van der Waals surface area contributed by atoms with Gasteiger partial charge >= 0.3 is 11.3 Å². The van der Waals surface area contributed by atoms with Crippen LogP contribution in [0.5, 0.6) is 0 Å². The number of fused-ring (bicyclic) bond motifs is 2. The van der Waals surface area contributed by atoms with E-state index in [1.54, 1.807) is 47.2 Å². The van der Waals surface area contributed by atoms with Gasteiger partial charge in [0.25, 0.3) is 11.8 Å². The van der Waals surface area contributed by atoms with Gasteiger partial charge in [0.05, 0.1) is 22.5 Å². The lowest BCUT2D eigenvalue weighted by molar-refractivity contribution is -0.125. The molecule has 0 saturated carbocycles. The maximum atomic E-state index is 12.4. The van der Waals surface area contributed by atoms with Crippen molar-refractivity contribution < 1.29 is 23.2 Å². The van der Waals surface area contributed by atoms with E-state index in [-0.39, 0.29) is 21.4 Å². The summed E-state index contributed by atoms with van der Waals surface area (Å²) in [5.74, 6) is -1.05. The second-order valence-electron chi connectivity index (χ2n) is 8.64. The molecular formula is C28H18N4O7S2. The van der Waals surface area contributed by atoms with E-state index in [4.69, 9.17) is 13.6 Å². The number of anilines is 2. The summed E-state index contributed by atoms with van der Waals surface area (Å²) in [7, 11) is 0. The van der Waals surface area contributed by atoms with E-state index in [1.165, 1.54) is 0 Å². The lowest BCUT2D eigenvalue weighted by Crippen LogP contribution is -2.23. The van der Waals surface area contributed by atoms with Crippen molar-refractivity contribution in [3.8, 4) is 22.5 Å². The summed E-state index contributed by atoms with van der Waals surface area (Å²) in [6.45, 7) is -0.802. The third kappa shape index (κ3) is 5.82. The molecule has 41 heavy (non-hydrogen) atoms. The van der Waals surface area contributed by atoms with Crippen molar-refractivity contribution in [1.82, 2.24) is 9.97 Å². The number of para-hydroxylation sites is 2. The number of hydrogen-bond donors (Lipinski definition) is 2. The molecule has 0 saturated heterocycles. The first-order valence-electron chi connectivity index (χ1n) is 12.1. The van der Waals surface area contributed by atoms with Crippen molar-refractivity contribution in [3.63, 3.8) is 0 Å². The van der Waals surface area contributed by atoms with Crippen LogP contribution < -0.4 is 21.9 Å². The average molecular weight is 587 g/mol. The Morgan fingerprint density at radius 3 is 1.61 bits per heavy atom. The van der Waals surface area contributed by atoms with Crippen molar-refractivity contribution in [2.45, 2.75) is 0 Å². The Kier molecular flexibility index (Phi) is 7.20. The molecule has 4 heterocycles. The van der Waals surface area contributed by atoms with Crippen LogP contribution in [-0.2, 0) is 14.3 Å². The molecule has 4 aromatic heterocycles. The van der Waals surface area contributed by atoms with Gasteiger partial charge in [-0.3, -0.25) is 20.2 Å². The minimum atomic E-state index is -0.533. The number of aromatic nitrogens is 2. The van der Waals surface area contributed by atoms with Gasteiger partial charge in [-0.15, -0.1) is 22.7 Å². The maximum Gasteiger partial charge on any atom is 0.345 e. The number of thiazole rings is 2. The fraction of sp³-hybridized carbons (Fsp3) is 0.0714. The van der Waals surface area contributed by atoms with Crippen molar-refractivity contribution in [1.29, 1.82) is 0 Å². The second-order valence-corrected chi connectivity index (χ2v) is 10.4. The van der Waals surface area contributed by atoms with Gasteiger partial charge in [0.1, 0.15) is 24.4 Å². The number of hydrogen-bond acceptors (Lipinski definition) is 11. The van der Waals surface area contributed by atoms with E-state index in [2.05, 4.69) is 20.6 Å². The van der Waals surface area contributed by atoms with E-state index in [1.807, 2.05) is 24.3 Å². The smallest absolute Gasteiger partial charge is 0.345 e. The highest BCUT2D eigenvalue weighted by Gasteiger charge is 2.15. The second kappa shape index (κ2) is 11.3. The number of carbonyl (C=O) groups excluding carboxylic acids is 2. The molecule has 2 aromatic carbocycles. The summed E-state index contributed by atoms with van der Waals surface area (Å²) in [5, 5.41) is 10.5. The monoisotopic (exact) mass is 586 g/mol. The number of benzene rings is 2. The van der Waals surface area contributed by atoms with E-state index in [9.17, 15) is 19.2 Å². The first-order valence-corrected chi connectivity index (χ1v) is 13.8. The number of carbonyl (C=O) groups is 2. The van der Waals surface area contributed by atoms with Gasteiger partial charge in [0.2, 0.25) is 0 Å². The fourth-order valence-electron chi connectivity index (χ4n) is 3.94. The molecule has 0 aliphatic carbocycles. The third-order valence-electron chi connectivity index (χ3n) is 5.80. The summed E-state index contributed by atoms with van der Waals surface area (Å²) < 4.78 is 15.9. The van der Waals surface area contributed by atoms with Crippen LogP contribution in [-0.4, -0.2) is 35.0 Å². The summed E-state index contributed by atoms with van der Waals surface area (Å²) in [6, 6.07) is 17.6. The Labute approximate surface area is 238 Å². The normalized spacial score (nSPS) is 11.1. The highest BCUT2D eigenvalue weighted by Crippen LogP contribution is 2.26. The van der Waals surface area contributed by atoms with Gasteiger partial charge in [-0.1, -0.05) is 36.4 Å². The Morgan fingerprint density at radius 2 is 1.15 bits per heavy atom. The molecule has 2 amide bonds. The quantitative estimate of drug-likeness (QED) is 0.241. The van der Waals surface area contributed by atoms with Crippen LogP contribution >= 0.6 is 22.7 Å². The molecule has 0 radical (unpaired) electrons. The number of nitrogens with one attached hydrogen (secondary N) is 2. The lowest BCUT2D eigenvalue weighted by atomic mass is 10.1. The first-order chi connectivity index (χ1) is 19.9. The van der Waals surface area contributed by atoms with Crippen LogP contribution in [0.25, 0.3) is 44.5 Å². The summed E-state index contributed by atoms with van der Waals surface area (Å²) in [6.07, 6.45) is 0. The van der Waals surface area contributed by atoms with E-state index >= 15 is 0 Å². The van der Waals surface area contributed by atoms with Gasteiger partial charge in [0, 0.05) is 21.5 Å². The Balaban J connectivity index is 1.01. The molecule has 0 unspecified atom stereocenters. The Bertz CT molecular complexity index is 1900. The standard InChI is InChI=1S/C28H18N4O7S2/c33-23(31-27-29-19(13-40-27)17-9-15-5-1-3-7-21(15)38-25(17)35)11-37-12-24(34)32-28-30-20(14-41-28)18-10-16-6-2-4-8-22(16)39-26(18)36/h1-10,13-14H,11-12H2,(H,29,31,33)(H,30,32,34). The van der Waals surface area contributed by atoms with Crippen molar-refractivity contribution >= 4 is 66.7 Å². The molecule has 0 aliphatic rings. The molecule has 204 valence electrons. The minimum Gasteiger partial charge on any atom is -0.422 e. The van der Waals surface area contributed by atoms with Gasteiger partial charge in [-0.2, -0.15) is 0 Å². The third-order valence-corrected chi connectivity index (χ3v) is 7.32. The summed E-state index contributed by atoms with van der Waals surface area (Å²) in [5.41, 5.74) is 1.17. The number of nitrogens with zero attached hydrogens (tertiary/aromatic N) is 2. The minimum absolute atomic E-state index is 0.263. The van der Waals surface area contributed by atoms with Crippen LogP contribution in [0, 0.1) is 0 Å². The van der Waals surface area contributed by atoms with Crippen molar-refractivity contribution in [2.75, 3.05) is 23.8 Å². The van der Waals surface area contributed by atoms with Gasteiger partial charge in [-0.25, -0.2) is 19.6 Å². The Hall–Kier alpha value is -4.98. The molecule has 0 spiro atoms. The molecule has 11 nitrogen and oxygen atoms in total. The average Bonchev–Trinajstić information content (AvgIpc) is 3.62. The summed E-state index contributed by atoms with van der Waals surface area (Å²) in [4.78, 5) is 57.9. The van der Waals surface area contributed by atoms with Crippen molar-refractivity contribution in [2.24, 2.45) is 0 Å². The zero-order valence-electron chi connectivity index (χ0n) is 20.9. The van der Waals surface area contributed by atoms with Crippen LogP contribution in [0.15, 0.2) is 89.8 Å². The fourth-order valence-corrected chi connectivity index (χ4v) is 5.39. The number of ether oxygens (including phenoxy) is 1. The van der Waals surface area contributed by atoms with Crippen LogP contribution in [0.3, 0.4) is 0 Å². The zero-order valence-corrected chi connectivity index (χ0v) is 22.5. The zero-order chi connectivity index (χ0) is 28.3. The molecule has 0 fully saturated rings. The molecule has 2 N–H and O–H groups in total. The lowest BCUT2D eigenvalue weighted by Gasteiger charge is -2.04. The van der Waals surface area contributed by atoms with Gasteiger partial charge in [0.15, 0.2) is 10.3 Å². The maximum absolute atomic E-state index is 12.4. The largest absolute Gasteiger partial charge is 0.422 e. The van der Waals surface area contributed by atoms with Crippen LogP contribution in [0.2, 0.25) is 0 Å². The molecular weight excluding hydrogens is 568 g/mol. The molecule has 6 rings (SSSR count). The Morgan fingerprint density at radius 1 is 0.707 bits per heavy atom. The topological polar surface area (TPSA) is 154 Å². The molecule has 0 bridgehead atoms. The van der Waals surface area contributed by atoms with E-state index in [0.717, 1.165) is 33.4 Å². The van der Waals surface area contributed by atoms with Crippen LogP contribution in [0.1, 0.15) is 0 Å². The van der Waals surface area contributed by atoms with E-state index in [0.29, 0.717) is 22.6 Å². The summed E-state index contributed by atoms with van der Waals surface area (Å²) >= 11 is 2.27. The number of rotatable bonds is 8. The molecule has 0 atom stereocenters. The highest BCUT2D eigenvalue weighted by atomic mass is 32.1. The molecule has 13 heteroatoms. The van der Waals surface area contributed by atoms with Gasteiger partial charge < -0.3 is 13.6 Å². The first kappa shape index (κ1) is 26.3. The van der Waals surface area contributed by atoms with Crippen LogP contribution in [0.4, 0.5) is 10.3 Å². The van der Waals surface area contributed by atoms with Gasteiger partial charge in [-0.05, 0) is 24.3 Å². The molecule has 6 aromatic rings.